The summed E-state index contributed by atoms with van der Waals surface area (Å²) in [6, 6.07) is 0. The molecule has 5 heteroatoms. The van der Waals surface area contributed by atoms with E-state index in [1.54, 1.807) is 6.33 Å². The maximum Gasteiger partial charge on any atom is 0.138 e. The highest BCUT2D eigenvalue weighted by molar-refractivity contribution is 4.96. The minimum absolute atomic E-state index is 0.112. The first-order valence-electron chi connectivity index (χ1n) is 6.35. The van der Waals surface area contributed by atoms with Crippen molar-refractivity contribution in [3.8, 4) is 0 Å². The lowest BCUT2D eigenvalue weighted by Crippen LogP contribution is -2.35. The van der Waals surface area contributed by atoms with E-state index in [4.69, 9.17) is 0 Å². The molecule has 96 valence electrons. The van der Waals surface area contributed by atoms with Crippen molar-refractivity contribution in [1.29, 1.82) is 0 Å². The van der Waals surface area contributed by atoms with E-state index in [1.807, 2.05) is 11.6 Å². The summed E-state index contributed by atoms with van der Waals surface area (Å²) >= 11 is 0. The third-order valence-corrected chi connectivity index (χ3v) is 3.88. The van der Waals surface area contributed by atoms with E-state index in [0.29, 0.717) is 0 Å². The smallest absolute Gasteiger partial charge is 0.138 e. The van der Waals surface area contributed by atoms with Gasteiger partial charge in [-0.25, -0.2) is 4.98 Å². The van der Waals surface area contributed by atoms with Crippen molar-refractivity contribution in [2.24, 2.45) is 5.41 Å². The van der Waals surface area contributed by atoms with Gasteiger partial charge in [0.25, 0.3) is 0 Å². The van der Waals surface area contributed by atoms with Gasteiger partial charge >= 0.3 is 0 Å². The van der Waals surface area contributed by atoms with Gasteiger partial charge in [0.2, 0.25) is 0 Å². The van der Waals surface area contributed by atoms with Crippen LogP contribution in [0.5, 0.6) is 0 Å². The van der Waals surface area contributed by atoms with Crippen molar-refractivity contribution < 1.29 is 10.2 Å². The van der Waals surface area contributed by atoms with Gasteiger partial charge in [-0.15, -0.1) is 0 Å². The van der Waals surface area contributed by atoms with Gasteiger partial charge in [0.05, 0.1) is 6.10 Å². The number of aromatic nitrogens is 3. The normalized spacial score (nSPS) is 29.5. The Morgan fingerprint density at radius 1 is 1.47 bits per heavy atom. The SMILES string of the molecule is CCn1ncnc1CC1(CO)CCC(O)CC1. The van der Waals surface area contributed by atoms with Gasteiger partial charge in [-0.2, -0.15) is 5.10 Å². The monoisotopic (exact) mass is 239 g/mol. The summed E-state index contributed by atoms with van der Waals surface area (Å²) in [5.41, 5.74) is -0.112. The standard InChI is InChI=1S/C12H21N3O2/c1-2-15-11(13-9-14-15)7-12(8-16)5-3-10(17)4-6-12/h9-10,16-17H,2-8H2,1H3. The minimum atomic E-state index is -0.196. The topological polar surface area (TPSA) is 71.2 Å². The van der Waals surface area contributed by atoms with Crippen molar-refractivity contribution in [3.05, 3.63) is 12.2 Å². The molecule has 0 atom stereocenters. The second-order valence-corrected chi connectivity index (χ2v) is 5.06. The summed E-state index contributed by atoms with van der Waals surface area (Å²) in [5.74, 6) is 0.943. The number of aryl methyl sites for hydroxylation is 1. The Kier molecular flexibility index (Phi) is 3.79. The fourth-order valence-corrected chi connectivity index (χ4v) is 2.63. The summed E-state index contributed by atoms with van der Waals surface area (Å²) in [5, 5.41) is 23.4. The molecule has 0 saturated heterocycles. The molecule has 0 spiro atoms. The third-order valence-electron chi connectivity index (χ3n) is 3.88. The number of aliphatic hydroxyl groups is 2. The van der Waals surface area contributed by atoms with E-state index in [-0.39, 0.29) is 18.1 Å². The second-order valence-electron chi connectivity index (χ2n) is 5.06. The molecule has 1 aromatic rings. The number of rotatable bonds is 4. The first-order chi connectivity index (χ1) is 8.19. The van der Waals surface area contributed by atoms with Crippen LogP contribution in [0.25, 0.3) is 0 Å². The molecule has 5 nitrogen and oxygen atoms in total. The molecule has 0 unspecified atom stereocenters. The highest BCUT2D eigenvalue weighted by atomic mass is 16.3. The molecule has 0 radical (unpaired) electrons. The van der Waals surface area contributed by atoms with Gasteiger partial charge in [-0.3, -0.25) is 4.68 Å². The molecule has 0 aliphatic heterocycles. The van der Waals surface area contributed by atoms with E-state index in [1.165, 1.54) is 0 Å². The highest BCUT2D eigenvalue weighted by Gasteiger charge is 2.35. The lowest BCUT2D eigenvalue weighted by atomic mass is 9.71. The van der Waals surface area contributed by atoms with Crippen LogP contribution < -0.4 is 0 Å². The molecule has 2 rings (SSSR count). The summed E-state index contributed by atoms with van der Waals surface area (Å²) in [6.45, 7) is 3.00. The maximum absolute atomic E-state index is 9.65. The fourth-order valence-electron chi connectivity index (χ4n) is 2.63. The number of nitrogens with zero attached hydrogens (tertiary/aromatic N) is 3. The molecular formula is C12H21N3O2. The Morgan fingerprint density at radius 2 is 2.18 bits per heavy atom. The molecule has 17 heavy (non-hydrogen) atoms. The van der Waals surface area contributed by atoms with E-state index in [0.717, 1.165) is 44.5 Å². The van der Waals surface area contributed by atoms with Crippen LogP contribution in [0.4, 0.5) is 0 Å². The van der Waals surface area contributed by atoms with Crippen molar-refractivity contribution in [1.82, 2.24) is 14.8 Å². The van der Waals surface area contributed by atoms with Gasteiger partial charge in [0.1, 0.15) is 12.2 Å². The van der Waals surface area contributed by atoms with E-state index in [2.05, 4.69) is 10.1 Å². The molecule has 1 heterocycles. The van der Waals surface area contributed by atoms with Gasteiger partial charge in [-0.05, 0) is 32.6 Å². The van der Waals surface area contributed by atoms with E-state index in [9.17, 15) is 10.2 Å². The Labute approximate surface area is 101 Å². The molecule has 1 saturated carbocycles. The van der Waals surface area contributed by atoms with Crippen LogP contribution in [0.15, 0.2) is 6.33 Å². The van der Waals surface area contributed by atoms with Crippen LogP contribution in [0.2, 0.25) is 0 Å². The molecule has 0 bridgehead atoms. The van der Waals surface area contributed by atoms with E-state index >= 15 is 0 Å². The number of hydrogen-bond donors (Lipinski definition) is 2. The van der Waals surface area contributed by atoms with Gasteiger partial charge in [0, 0.05) is 25.0 Å². The third kappa shape index (κ3) is 2.66. The van der Waals surface area contributed by atoms with Gasteiger partial charge in [0.15, 0.2) is 0 Å². The van der Waals surface area contributed by atoms with Crippen LogP contribution in [-0.2, 0) is 13.0 Å². The Morgan fingerprint density at radius 3 is 2.76 bits per heavy atom. The van der Waals surface area contributed by atoms with Crippen LogP contribution in [-0.4, -0.2) is 37.7 Å². The summed E-state index contributed by atoms with van der Waals surface area (Å²) < 4.78 is 1.88. The van der Waals surface area contributed by atoms with Crippen molar-refractivity contribution in [2.45, 2.75) is 51.7 Å². The van der Waals surface area contributed by atoms with Crippen molar-refractivity contribution in [2.75, 3.05) is 6.61 Å². The van der Waals surface area contributed by atoms with Crippen LogP contribution in [0.3, 0.4) is 0 Å². The largest absolute Gasteiger partial charge is 0.396 e. The number of aliphatic hydroxyl groups excluding tert-OH is 2. The van der Waals surface area contributed by atoms with Crippen molar-refractivity contribution >= 4 is 0 Å². The first kappa shape index (κ1) is 12.5. The molecule has 1 aliphatic carbocycles. The second kappa shape index (κ2) is 5.14. The lowest BCUT2D eigenvalue weighted by molar-refractivity contribution is 0.0224. The molecule has 1 fully saturated rings. The summed E-state index contributed by atoms with van der Waals surface area (Å²) in [7, 11) is 0. The predicted molar refractivity (Wildman–Crippen MR) is 63.4 cm³/mol. The summed E-state index contributed by atoms with van der Waals surface area (Å²) in [4.78, 5) is 4.27. The Hall–Kier alpha value is -0.940. The molecule has 1 aromatic heterocycles. The average molecular weight is 239 g/mol. The zero-order valence-electron chi connectivity index (χ0n) is 10.3. The zero-order chi connectivity index (χ0) is 12.3. The Bertz CT molecular complexity index is 356. The molecular weight excluding hydrogens is 218 g/mol. The van der Waals surface area contributed by atoms with Gasteiger partial charge in [-0.1, -0.05) is 0 Å². The van der Waals surface area contributed by atoms with Crippen LogP contribution in [0.1, 0.15) is 38.4 Å². The molecule has 2 N–H and O–H groups in total. The average Bonchev–Trinajstić information content (AvgIpc) is 2.79. The fraction of sp³-hybridized carbons (Fsp3) is 0.833. The highest BCUT2D eigenvalue weighted by Crippen LogP contribution is 2.38. The quantitative estimate of drug-likeness (QED) is 0.813. The molecule has 0 aromatic carbocycles. The molecule has 0 amide bonds. The zero-order valence-corrected chi connectivity index (χ0v) is 10.3. The van der Waals surface area contributed by atoms with Crippen LogP contribution in [0, 0.1) is 5.41 Å². The maximum atomic E-state index is 9.65. The summed E-state index contributed by atoms with van der Waals surface area (Å²) in [6.07, 6.45) is 5.41. The predicted octanol–water partition coefficient (Wildman–Crippen LogP) is 0.754. The van der Waals surface area contributed by atoms with Crippen LogP contribution >= 0.6 is 0 Å². The van der Waals surface area contributed by atoms with Crippen molar-refractivity contribution in [3.63, 3.8) is 0 Å². The number of hydrogen-bond acceptors (Lipinski definition) is 4. The Balaban J connectivity index is 2.09. The first-order valence-corrected chi connectivity index (χ1v) is 6.35. The lowest BCUT2D eigenvalue weighted by Gasteiger charge is -2.37. The van der Waals surface area contributed by atoms with E-state index < -0.39 is 0 Å². The minimum Gasteiger partial charge on any atom is -0.396 e. The molecule has 1 aliphatic rings. The van der Waals surface area contributed by atoms with Gasteiger partial charge < -0.3 is 10.2 Å².